The first kappa shape index (κ1) is 23.8. The van der Waals surface area contributed by atoms with Crippen LogP contribution in [-0.4, -0.2) is 4.57 Å². The predicted octanol–water partition coefficient (Wildman–Crippen LogP) is 9.98. The van der Waals surface area contributed by atoms with E-state index in [9.17, 15) is 0 Å². The van der Waals surface area contributed by atoms with Crippen LogP contribution in [0.15, 0.2) is 133 Å². The number of para-hydroxylation sites is 2. The molecule has 0 atom stereocenters. The number of nitrogen functional groups attached to an aromatic ring is 1. The molecule has 2 aromatic heterocycles. The molecule has 0 amide bonds. The molecule has 0 unspecified atom stereocenters. The van der Waals surface area contributed by atoms with E-state index in [0.29, 0.717) is 12.3 Å². The fourth-order valence-electron chi connectivity index (χ4n) is 5.97. The van der Waals surface area contributed by atoms with Gasteiger partial charge < -0.3 is 15.0 Å². The highest BCUT2D eigenvalue weighted by Gasteiger charge is 2.18. The van der Waals surface area contributed by atoms with Gasteiger partial charge in [0.05, 0.1) is 16.7 Å². The first-order chi connectivity index (χ1) is 20.3. The van der Waals surface area contributed by atoms with Gasteiger partial charge in [-0.2, -0.15) is 0 Å². The summed E-state index contributed by atoms with van der Waals surface area (Å²) in [6.45, 7) is 0.426. The fraction of sp³-hybridized carbons (Fsp3) is 0.0270. The van der Waals surface area contributed by atoms with Crippen molar-refractivity contribution in [2.45, 2.75) is 6.61 Å². The van der Waals surface area contributed by atoms with Gasteiger partial charge in [0.15, 0.2) is 5.75 Å². The molecule has 0 radical (unpaired) electrons. The number of anilines is 1. The Bertz CT molecular complexity index is 2160. The van der Waals surface area contributed by atoms with Gasteiger partial charge in [0.25, 0.3) is 0 Å². The summed E-state index contributed by atoms with van der Waals surface area (Å²) in [6, 6.07) is 46.8. The van der Waals surface area contributed by atoms with Crippen LogP contribution in [0, 0.1) is 0 Å². The summed E-state index contributed by atoms with van der Waals surface area (Å²) in [4.78, 5) is 0. The van der Waals surface area contributed by atoms with Crippen LogP contribution in [-0.2, 0) is 6.61 Å². The fourth-order valence-corrected chi connectivity index (χ4v) is 7.12. The summed E-state index contributed by atoms with van der Waals surface area (Å²) in [5.74, 6) is 0.755. The van der Waals surface area contributed by atoms with Crippen LogP contribution in [0.2, 0.25) is 0 Å². The van der Waals surface area contributed by atoms with Gasteiger partial charge in [0.1, 0.15) is 6.61 Å². The van der Waals surface area contributed by atoms with Crippen LogP contribution in [0.25, 0.3) is 58.8 Å². The lowest BCUT2D eigenvalue weighted by Gasteiger charge is -2.15. The minimum Gasteiger partial charge on any atom is -0.486 e. The zero-order valence-electron chi connectivity index (χ0n) is 22.2. The Morgan fingerprint density at radius 2 is 1.22 bits per heavy atom. The maximum atomic E-state index is 6.87. The average Bonchev–Trinajstić information content (AvgIpc) is 3.57. The van der Waals surface area contributed by atoms with Crippen LogP contribution >= 0.6 is 11.3 Å². The number of nitrogens with zero attached hydrogens (tertiary/aromatic N) is 1. The lowest BCUT2D eigenvalue weighted by atomic mass is 10.0. The highest BCUT2D eigenvalue weighted by atomic mass is 32.1. The Labute approximate surface area is 241 Å². The van der Waals surface area contributed by atoms with E-state index in [-0.39, 0.29) is 0 Å². The normalized spacial score (nSPS) is 11.6. The number of fused-ring (bicyclic) bond motifs is 6. The van der Waals surface area contributed by atoms with Crippen LogP contribution in [0.5, 0.6) is 5.75 Å². The molecular formula is C37H26N2OS. The largest absolute Gasteiger partial charge is 0.486 e. The molecule has 0 aliphatic heterocycles. The summed E-state index contributed by atoms with van der Waals surface area (Å²) in [5.41, 5.74) is 14.3. The van der Waals surface area contributed by atoms with Crippen LogP contribution in [0.3, 0.4) is 0 Å². The minimum atomic E-state index is 0.426. The Morgan fingerprint density at radius 1 is 0.610 bits per heavy atom. The van der Waals surface area contributed by atoms with Crippen molar-refractivity contribution in [1.29, 1.82) is 0 Å². The van der Waals surface area contributed by atoms with Gasteiger partial charge in [-0.15, -0.1) is 11.3 Å². The number of hydrogen-bond acceptors (Lipinski definition) is 3. The highest BCUT2D eigenvalue weighted by molar-refractivity contribution is 7.26. The lowest BCUT2D eigenvalue weighted by molar-refractivity contribution is 0.312. The van der Waals surface area contributed by atoms with Crippen molar-refractivity contribution in [3.63, 3.8) is 0 Å². The number of thiophene rings is 1. The van der Waals surface area contributed by atoms with E-state index >= 15 is 0 Å². The van der Waals surface area contributed by atoms with Crippen molar-refractivity contribution in [3.8, 4) is 22.6 Å². The van der Waals surface area contributed by atoms with Gasteiger partial charge in [-0.25, -0.2) is 0 Å². The third-order valence-electron chi connectivity index (χ3n) is 7.90. The quantitative estimate of drug-likeness (QED) is 0.218. The van der Waals surface area contributed by atoms with E-state index < -0.39 is 0 Å². The van der Waals surface area contributed by atoms with E-state index in [0.717, 1.165) is 33.5 Å². The van der Waals surface area contributed by atoms with Gasteiger partial charge in [0.2, 0.25) is 0 Å². The molecular weight excluding hydrogens is 520 g/mol. The first-order valence-electron chi connectivity index (χ1n) is 13.8. The highest BCUT2D eigenvalue weighted by Crippen LogP contribution is 2.47. The molecule has 0 aliphatic carbocycles. The number of nitrogens with two attached hydrogens (primary N) is 1. The molecule has 4 heteroatoms. The van der Waals surface area contributed by atoms with Gasteiger partial charge in [-0.1, -0.05) is 97.1 Å². The molecule has 0 saturated heterocycles. The van der Waals surface area contributed by atoms with Gasteiger partial charge in [0, 0.05) is 42.2 Å². The van der Waals surface area contributed by atoms with E-state index in [1.54, 1.807) is 11.3 Å². The topological polar surface area (TPSA) is 40.2 Å². The second kappa shape index (κ2) is 9.54. The molecule has 0 saturated carbocycles. The van der Waals surface area contributed by atoms with Gasteiger partial charge in [-0.05, 0) is 47.5 Å². The summed E-state index contributed by atoms with van der Waals surface area (Å²) >= 11 is 1.78. The summed E-state index contributed by atoms with van der Waals surface area (Å²) < 4.78 is 11.3. The molecule has 8 aromatic rings. The molecule has 0 aliphatic rings. The summed E-state index contributed by atoms with van der Waals surface area (Å²) in [5, 5.41) is 4.78. The monoisotopic (exact) mass is 546 g/mol. The zero-order valence-corrected chi connectivity index (χ0v) is 23.1. The van der Waals surface area contributed by atoms with Crippen molar-refractivity contribution in [2.75, 3.05) is 5.73 Å². The zero-order chi connectivity index (χ0) is 27.3. The molecule has 6 aromatic carbocycles. The maximum absolute atomic E-state index is 6.87. The minimum absolute atomic E-state index is 0.426. The Hall–Kier alpha value is -5.06. The molecule has 8 rings (SSSR count). The van der Waals surface area contributed by atoms with Crippen molar-refractivity contribution < 1.29 is 4.74 Å². The lowest BCUT2D eigenvalue weighted by Crippen LogP contribution is -2.01. The summed E-state index contributed by atoms with van der Waals surface area (Å²) in [7, 11) is 0. The molecule has 2 heterocycles. The third-order valence-corrected chi connectivity index (χ3v) is 9.02. The molecule has 196 valence electrons. The van der Waals surface area contributed by atoms with E-state index in [1.165, 1.54) is 36.6 Å². The number of aromatic nitrogens is 1. The third kappa shape index (κ3) is 3.87. The number of hydrogen-bond donors (Lipinski definition) is 1. The number of ether oxygens (including phenoxy) is 1. The molecule has 2 N–H and O–H groups in total. The van der Waals surface area contributed by atoms with Crippen LogP contribution in [0.1, 0.15) is 5.56 Å². The molecule has 0 fully saturated rings. The Morgan fingerprint density at radius 3 is 1.93 bits per heavy atom. The SMILES string of the molecule is Nc1c(-c2ccccc2)cc2sc3ccccc3c2c1OCc1ccc(-n2c3ccccc3c3ccccc32)cc1. The van der Waals surface area contributed by atoms with Crippen molar-refractivity contribution in [1.82, 2.24) is 4.57 Å². The predicted molar refractivity (Wildman–Crippen MR) is 174 cm³/mol. The molecule has 0 bridgehead atoms. The standard InChI is InChI=1S/C37H26N2OS/c38-36-30(25-10-2-1-3-11-25)22-34-35(29-14-6-9-17-33(29)41-34)37(36)40-23-24-18-20-26(21-19-24)39-31-15-7-4-12-27(31)28-13-5-8-16-32(28)39/h1-22H,23,38H2. The second-order valence-corrected chi connectivity index (χ2v) is 11.4. The number of benzene rings is 6. The Kier molecular flexibility index (Phi) is 5.54. The van der Waals surface area contributed by atoms with E-state index in [2.05, 4.69) is 120 Å². The van der Waals surface area contributed by atoms with Gasteiger partial charge >= 0.3 is 0 Å². The summed E-state index contributed by atoms with van der Waals surface area (Å²) in [6.07, 6.45) is 0. The van der Waals surface area contributed by atoms with Crippen molar-refractivity contribution in [3.05, 3.63) is 139 Å². The van der Waals surface area contributed by atoms with E-state index in [1.807, 2.05) is 18.2 Å². The molecule has 41 heavy (non-hydrogen) atoms. The molecule has 3 nitrogen and oxygen atoms in total. The van der Waals surface area contributed by atoms with Crippen molar-refractivity contribution >= 4 is 59.0 Å². The smallest absolute Gasteiger partial charge is 0.152 e. The molecule has 0 spiro atoms. The van der Waals surface area contributed by atoms with Crippen LogP contribution < -0.4 is 10.5 Å². The average molecular weight is 547 g/mol. The maximum Gasteiger partial charge on any atom is 0.152 e. The van der Waals surface area contributed by atoms with E-state index in [4.69, 9.17) is 10.5 Å². The Balaban J connectivity index is 1.19. The van der Waals surface area contributed by atoms with Crippen molar-refractivity contribution in [2.24, 2.45) is 0 Å². The second-order valence-electron chi connectivity index (χ2n) is 10.3. The number of rotatable bonds is 5. The van der Waals surface area contributed by atoms with Crippen LogP contribution in [0.4, 0.5) is 5.69 Å². The van der Waals surface area contributed by atoms with Gasteiger partial charge in [-0.3, -0.25) is 0 Å². The first-order valence-corrected chi connectivity index (χ1v) is 14.6.